The highest BCUT2D eigenvalue weighted by molar-refractivity contribution is 5.87. The molecule has 2 heterocycles. The van der Waals surface area contributed by atoms with Crippen molar-refractivity contribution < 1.29 is 18.7 Å². The van der Waals surface area contributed by atoms with Gasteiger partial charge in [0, 0.05) is 5.56 Å². The molecule has 1 atom stereocenters. The van der Waals surface area contributed by atoms with Gasteiger partial charge >= 0.3 is 5.97 Å². The fraction of sp³-hybridized carbons (Fsp3) is 0.571. The lowest BCUT2D eigenvalue weighted by Crippen LogP contribution is -2.47. The van der Waals surface area contributed by atoms with Crippen molar-refractivity contribution in [3.05, 3.63) is 23.2 Å². The lowest BCUT2D eigenvalue weighted by Gasteiger charge is -2.32. The van der Waals surface area contributed by atoms with E-state index in [1.165, 1.54) is 7.11 Å². The second kappa shape index (κ2) is 6.09. The molecule has 0 bridgehead atoms. The van der Waals surface area contributed by atoms with Gasteiger partial charge in [-0.25, -0.2) is 4.79 Å². The van der Waals surface area contributed by atoms with Crippen LogP contribution in [0.2, 0.25) is 0 Å². The summed E-state index contributed by atoms with van der Waals surface area (Å²) in [5, 5.41) is 0. The zero-order chi connectivity index (χ0) is 14.7. The average molecular weight is 280 g/mol. The first-order chi connectivity index (χ1) is 9.52. The molecule has 1 aliphatic rings. The van der Waals surface area contributed by atoms with E-state index < -0.39 is 5.97 Å². The summed E-state index contributed by atoms with van der Waals surface area (Å²) >= 11 is 0. The predicted molar refractivity (Wildman–Crippen MR) is 72.0 cm³/mol. The van der Waals surface area contributed by atoms with E-state index in [2.05, 4.69) is 4.74 Å². The first kappa shape index (κ1) is 14.6. The molecular formula is C14H20N2O4. The van der Waals surface area contributed by atoms with Gasteiger partial charge in [-0.3, -0.25) is 9.69 Å². The molecule has 1 aromatic rings. The average Bonchev–Trinajstić information content (AvgIpc) is 2.79. The SMILES string of the molecule is COC(=O)c1oc(CN2CCCCC2C(N)=O)cc1C. The largest absolute Gasteiger partial charge is 0.463 e. The van der Waals surface area contributed by atoms with Gasteiger partial charge in [-0.2, -0.15) is 0 Å². The minimum Gasteiger partial charge on any atom is -0.463 e. The molecule has 0 aromatic carbocycles. The van der Waals surface area contributed by atoms with Gasteiger partial charge in [-0.1, -0.05) is 6.42 Å². The molecule has 0 radical (unpaired) electrons. The molecule has 0 aliphatic carbocycles. The van der Waals surface area contributed by atoms with E-state index in [1.807, 2.05) is 4.90 Å². The number of carbonyl (C=O) groups excluding carboxylic acids is 2. The first-order valence-corrected chi connectivity index (χ1v) is 6.74. The maximum atomic E-state index is 11.5. The van der Waals surface area contributed by atoms with Gasteiger partial charge in [0.25, 0.3) is 0 Å². The molecule has 20 heavy (non-hydrogen) atoms. The summed E-state index contributed by atoms with van der Waals surface area (Å²) in [6.45, 7) is 3.08. The van der Waals surface area contributed by atoms with Crippen LogP contribution in [0.1, 0.15) is 41.1 Å². The molecule has 1 saturated heterocycles. The maximum absolute atomic E-state index is 11.5. The summed E-state index contributed by atoms with van der Waals surface area (Å²) < 4.78 is 10.2. The summed E-state index contributed by atoms with van der Waals surface area (Å²) in [4.78, 5) is 25.0. The molecule has 1 amide bonds. The number of furan rings is 1. The van der Waals surface area contributed by atoms with Crippen LogP contribution in [-0.4, -0.2) is 36.5 Å². The van der Waals surface area contributed by atoms with Crippen molar-refractivity contribution in [2.45, 2.75) is 38.8 Å². The van der Waals surface area contributed by atoms with Crippen LogP contribution in [0.25, 0.3) is 0 Å². The van der Waals surface area contributed by atoms with Crippen LogP contribution in [0.15, 0.2) is 10.5 Å². The van der Waals surface area contributed by atoms with Crippen molar-refractivity contribution in [1.29, 1.82) is 0 Å². The van der Waals surface area contributed by atoms with E-state index in [0.29, 0.717) is 12.3 Å². The second-order valence-corrected chi connectivity index (χ2v) is 5.10. The summed E-state index contributed by atoms with van der Waals surface area (Å²) in [6, 6.07) is 1.55. The van der Waals surface area contributed by atoms with Gasteiger partial charge in [0.2, 0.25) is 11.7 Å². The summed E-state index contributed by atoms with van der Waals surface area (Å²) in [5.41, 5.74) is 6.17. The van der Waals surface area contributed by atoms with Crippen molar-refractivity contribution in [3.63, 3.8) is 0 Å². The molecule has 0 saturated carbocycles. The van der Waals surface area contributed by atoms with Crippen LogP contribution in [-0.2, 0) is 16.1 Å². The minimum absolute atomic E-state index is 0.218. The molecular weight excluding hydrogens is 260 g/mol. The smallest absolute Gasteiger partial charge is 0.374 e. The van der Waals surface area contributed by atoms with Crippen molar-refractivity contribution in [2.75, 3.05) is 13.7 Å². The Morgan fingerprint density at radius 2 is 2.25 bits per heavy atom. The number of carbonyl (C=O) groups is 2. The number of likely N-dealkylation sites (tertiary alicyclic amines) is 1. The molecule has 0 spiro atoms. The van der Waals surface area contributed by atoms with Crippen LogP contribution < -0.4 is 5.73 Å². The Bertz CT molecular complexity index is 509. The van der Waals surface area contributed by atoms with Crippen LogP contribution in [0.5, 0.6) is 0 Å². The monoisotopic (exact) mass is 280 g/mol. The number of methoxy groups -OCH3 is 1. The van der Waals surface area contributed by atoms with E-state index in [0.717, 1.165) is 31.4 Å². The molecule has 6 heteroatoms. The third-order valence-electron chi connectivity index (χ3n) is 3.64. The van der Waals surface area contributed by atoms with Crippen molar-refractivity contribution in [2.24, 2.45) is 5.73 Å². The van der Waals surface area contributed by atoms with Crippen LogP contribution in [0.4, 0.5) is 0 Å². The number of nitrogens with zero attached hydrogens (tertiary/aromatic N) is 1. The number of piperidine rings is 1. The maximum Gasteiger partial charge on any atom is 0.374 e. The molecule has 1 aliphatic heterocycles. The Hall–Kier alpha value is -1.82. The normalized spacial score (nSPS) is 19.8. The Balaban J connectivity index is 2.12. The number of rotatable bonds is 4. The minimum atomic E-state index is -0.487. The molecule has 110 valence electrons. The highest BCUT2D eigenvalue weighted by atomic mass is 16.5. The van der Waals surface area contributed by atoms with E-state index in [4.69, 9.17) is 10.2 Å². The van der Waals surface area contributed by atoms with E-state index in [-0.39, 0.29) is 17.7 Å². The van der Waals surface area contributed by atoms with Crippen molar-refractivity contribution in [3.8, 4) is 0 Å². The summed E-state index contributed by atoms with van der Waals surface area (Å²) in [6.07, 6.45) is 2.82. The van der Waals surface area contributed by atoms with E-state index >= 15 is 0 Å². The Morgan fingerprint density at radius 1 is 1.50 bits per heavy atom. The molecule has 1 aromatic heterocycles. The van der Waals surface area contributed by atoms with Gasteiger partial charge < -0.3 is 14.9 Å². The first-order valence-electron chi connectivity index (χ1n) is 6.74. The molecule has 6 nitrogen and oxygen atoms in total. The zero-order valence-electron chi connectivity index (χ0n) is 11.8. The zero-order valence-corrected chi connectivity index (χ0v) is 11.8. The van der Waals surface area contributed by atoms with Crippen LogP contribution in [0.3, 0.4) is 0 Å². The predicted octanol–water partition coefficient (Wildman–Crippen LogP) is 1.21. The summed E-state index contributed by atoms with van der Waals surface area (Å²) in [5.74, 6) is 0.0752. The third kappa shape index (κ3) is 3.01. The van der Waals surface area contributed by atoms with Crippen LogP contribution >= 0.6 is 0 Å². The van der Waals surface area contributed by atoms with Crippen LogP contribution in [0, 0.1) is 6.92 Å². The number of esters is 1. The number of hydrogen-bond acceptors (Lipinski definition) is 5. The van der Waals surface area contributed by atoms with Gasteiger partial charge in [0.05, 0.1) is 19.7 Å². The standard InChI is InChI=1S/C14H20N2O4/c1-9-7-10(20-12(9)14(18)19-2)8-16-6-4-3-5-11(16)13(15)17/h7,11H,3-6,8H2,1-2H3,(H2,15,17). The van der Waals surface area contributed by atoms with E-state index in [1.54, 1.807) is 13.0 Å². The number of aryl methyl sites for hydroxylation is 1. The second-order valence-electron chi connectivity index (χ2n) is 5.10. The number of hydrogen-bond donors (Lipinski definition) is 1. The lowest BCUT2D eigenvalue weighted by atomic mass is 10.0. The molecule has 1 unspecified atom stereocenters. The third-order valence-corrected chi connectivity index (χ3v) is 3.64. The van der Waals surface area contributed by atoms with Crippen molar-refractivity contribution >= 4 is 11.9 Å². The number of nitrogens with two attached hydrogens (primary N) is 1. The molecule has 2 rings (SSSR count). The number of amides is 1. The molecule has 1 fully saturated rings. The Kier molecular flexibility index (Phi) is 4.44. The fourth-order valence-electron chi connectivity index (χ4n) is 2.62. The number of ether oxygens (including phenoxy) is 1. The topological polar surface area (TPSA) is 85.8 Å². The number of primary amides is 1. The lowest BCUT2D eigenvalue weighted by molar-refractivity contribution is -0.124. The Morgan fingerprint density at radius 3 is 2.90 bits per heavy atom. The quantitative estimate of drug-likeness (QED) is 0.838. The highest BCUT2D eigenvalue weighted by Gasteiger charge is 2.28. The van der Waals surface area contributed by atoms with E-state index in [9.17, 15) is 9.59 Å². The Labute approximate surface area is 117 Å². The highest BCUT2D eigenvalue weighted by Crippen LogP contribution is 2.22. The van der Waals surface area contributed by atoms with Gasteiger partial charge in [0.15, 0.2) is 0 Å². The van der Waals surface area contributed by atoms with Gasteiger partial charge in [-0.15, -0.1) is 0 Å². The fourth-order valence-corrected chi connectivity index (χ4v) is 2.62. The molecule has 2 N–H and O–H groups in total. The van der Waals surface area contributed by atoms with Crippen molar-refractivity contribution in [1.82, 2.24) is 4.90 Å². The summed E-state index contributed by atoms with van der Waals surface area (Å²) in [7, 11) is 1.32. The van der Waals surface area contributed by atoms with Gasteiger partial charge in [-0.05, 0) is 32.4 Å². The van der Waals surface area contributed by atoms with Gasteiger partial charge in [0.1, 0.15) is 5.76 Å².